The Morgan fingerprint density at radius 3 is 2.64 bits per heavy atom. The van der Waals surface area contributed by atoms with Crippen LogP contribution in [0, 0.1) is 0 Å². The number of aromatic nitrogens is 2. The van der Waals surface area contributed by atoms with Gasteiger partial charge in [0, 0.05) is 31.4 Å². The van der Waals surface area contributed by atoms with Crippen LogP contribution >= 0.6 is 0 Å². The molecular weight excluding hydrogens is 282 g/mol. The highest BCUT2D eigenvalue weighted by molar-refractivity contribution is 5.68. The van der Waals surface area contributed by atoms with Gasteiger partial charge in [-0.25, -0.2) is 4.79 Å². The van der Waals surface area contributed by atoms with Crippen molar-refractivity contribution < 1.29 is 14.6 Å². The fraction of sp³-hybridized carbons (Fsp3) is 0.750. The van der Waals surface area contributed by atoms with E-state index in [0.29, 0.717) is 19.3 Å². The zero-order valence-corrected chi connectivity index (χ0v) is 13.9. The van der Waals surface area contributed by atoms with Gasteiger partial charge in [-0.05, 0) is 52.5 Å². The van der Waals surface area contributed by atoms with Crippen LogP contribution in [0.3, 0.4) is 0 Å². The normalized spacial score (nSPS) is 25.8. The van der Waals surface area contributed by atoms with Crippen LogP contribution in [0.15, 0.2) is 12.3 Å². The van der Waals surface area contributed by atoms with Gasteiger partial charge in [-0.15, -0.1) is 0 Å². The summed E-state index contributed by atoms with van der Waals surface area (Å²) in [6.07, 6.45) is 4.81. The second-order valence-electron chi connectivity index (χ2n) is 7.27. The van der Waals surface area contributed by atoms with Crippen LogP contribution in [0.1, 0.15) is 52.1 Å². The standard InChI is InChI=1S/C16H27N3O3/c1-15(2,3)22-14(20)18-12-5-8-16(21,9-6-12)11-13-7-10-17-19(13)4/h7,10,12,21H,5-6,8-9,11H2,1-4H3,(H,18,20). The molecule has 1 amide bonds. The molecule has 0 spiro atoms. The van der Waals surface area contributed by atoms with Crippen molar-refractivity contribution in [1.82, 2.24) is 15.1 Å². The van der Waals surface area contributed by atoms with Crippen LogP contribution in [0.4, 0.5) is 4.79 Å². The molecule has 6 nitrogen and oxygen atoms in total. The van der Waals surface area contributed by atoms with E-state index in [4.69, 9.17) is 4.74 Å². The molecule has 0 aliphatic heterocycles. The maximum absolute atomic E-state index is 11.8. The third-order valence-electron chi connectivity index (χ3n) is 4.07. The molecule has 1 saturated carbocycles. The molecule has 1 aliphatic rings. The average Bonchev–Trinajstić information content (AvgIpc) is 2.76. The molecule has 1 aliphatic carbocycles. The van der Waals surface area contributed by atoms with E-state index >= 15 is 0 Å². The Morgan fingerprint density at radius 2 is 2.14 bits per heavy atom. The van der Waals surface area contributed by atoms with E-state index in [1.807, 2.05) is 33.9 Å². The fourth-order valence-electron chi connectivity index (χ4n) is 2.86. The summed E-state index contributed by atoms with van der Waals surface area (Å²) in [7, 11) is 1.88. The van der Waals surface area contributed by atoms with Gasteiger partial charge in [-0.3, -0.25) is 4.68 Å². The number of nitrogens with zero attached hydrogens (tertiary/aromatic N) is 2. The Kier molecular flexibility index (Phi) is 4.80. The number of aryl methyl sites for hydroxylation is 1. The van der Waals surface area contributed by atoms with Crippen molar-refractivity contribution in [2.45, 2.75) is 70.1 Å². The Bertz CT molecular complexity index is 511. The van der Waals surface area contributed by atoms with Gasteiger partial charge in [-0.2, -0.15) is 5.10 Å². The summed E-state index contributed by atoms with van der Waals surface area (Å²) in [4.78, 5) is 11.8. The maximum atomic E-state index is 11.8. The predicted molar refractivity (Wildman–Crippen MR) is 83.5 cm³/mol. The largest absolute Gasteiger partial charge is 0.444 e. The number of carbonyl (C=O) groups excluding carboxylic acids is 1. The first-order valence-corrected chi connectivity index (χ1v) is 7.86. The lowest BCUT2D eigenvalue weighted by molar-refractivity contribution is -0.00720. The third-order valence-corrected chi connectivity index (χ3v) is 4.07. The molecule has 1 aromatic heterocycles. The number of rotatable bonds is 3. The Morgan fingerprint density at radius 1 is 1.50 bits per heavy atom. The smallest absolute Gasteiger partial charge is 0.407 e. The highest BCUT2D eigenvalue weighted by atomic mass is 16.6. The SMILES string of the molecule is Cn1nccc1CC1(O)CCC(NC(=O)OC(C)(C)C)CC1. The molecule has 0 saturated heterocycles. The lowest BCUT2D eigenvalue weighted by Crippen LogP contribution is -2.45. The minimum Gasteiger partial charge on any atom is -0.444 e. The molecule has 124 valence electrons. The number of ether oxygens (including phenoxy) is 1. The first kappa shape index (κ1) is 16.8. The Hall–Kier alpha value is -1.56. The molecule has 22 heavy (non-hydrogen) atoms. The lowest BCUT2D eigenvalue weighted by Gasteiger charge is -2.36. The molecule has 0 bridgehead atoms. The van der Waals surface area contributed by atoms with E-state index in [0.717, 1.165) is 18.5 Å². The number of amides is 1. The monoisotopic (exact) mass is 309 g/mol. The summed E-state index contributed by atoms with van der Waals surface area (Å²) in [5, 5.41) is 17.7. The quantitative estimate of drug-likeness (QED) is 0.897. The molecule has 0 atom stereocenters. The predicted octanol–water partition coefficient (Wildman–Crippen LogP) is 2.16. The average molecular weight is 309 g/mol. The number of aliphatic hydroxyl groups is 1. The van der Waals surface area contributed by atoms with Gasteiger partial charge < -0.3 is 15.2 Å². The lowest BCUT2D eigenvalue weighted by atomic mass is 9.79. The van der Waals surface area contributed by atoms with Crippen LogP contribution in [-0.2, 0) is 18.2 Å². The maximum Gasteiger partial charge on any atom is 0.407 e. The minimum absolute atomic E-state index is 0.0710. The van der Waals surface area contributed by atoms with Crippen molar-refractivity contribution in [3.63, 3.8) is 0 Å². The number of hydrogen-bond acceptors (Lipinski definition) is 4. The van der Waals surface area contributed by atoms with Crippen LogP contribution in [0.25, 0.3) is 0 Å². The summed E-state index contributed by atoms with van der Waals surface area (Å²) in [6, 6.07) is 2.00. The molecular formula is C16H27N3O3. The zero-order valence-electron chi connectivity index (χ0n) is 13.9. The Balaban J connectivity index is 1.82. The van der Waals surface area contributed by atoms with Crippen molar-refractivity contribution in [1.29, 1.82) is 0 Å². The summed E-state index contributed by atoms with van der Waals surface area (Å²) in [5.74, 6) is 0. The van der Waals surface area contributed by atoms with E-state index in [1.54, 1.807) is 10.9 Å². The highest BCUT2D eigenvalue weighted by Crippen LogP contribution is 2.31. The fourth-order valence-corrected chi connectivity index (χ4v) is 2.86. The molecule has 2 N–H and O–H groups in total. The third kappa shape index (κ3) is 4.73. The summed E-state index contributed by atoms with van der Waals surface area (Å²) in [5.41, 5.74) is -0.167. The molecule has 0 unspecified atom stereocenters. The first-order valence-electron chi connectivity index (χ1n) is 7.86. The molecule has 1 aromatic rings. The number of carbonyl (C=O) groups is 1. The van der Waals surface area contributed by atoms with E-state index in [-0.39, 0.29) is 12.1 Å². The van der Waals surface area contributed by atoms with Gasteiger partial charge in [0.1, 0.15) is 5.60 Å². The van der Waals surface area contributed by atoms with Gasteiger partial charge in [0.25, 0.3) is 0 Å². The van der Waals surface area contributed by atoms with Gasteiger partial charge in [0.05, 0.1) is 5.60 Å². The second-order valence-corrected chi connectivity index (χ2v) is 7.27. The van der Waals surface area contributed by atoms with Gasteiger partial charge in [-0.1, -0.05) is 0 Å². The van der Waals surface area contributed by atoms with Crippen LogP contribution in [0.5, 0.6) is 0 Å². The van der Waals surface area contributed by atoms with Crippen molar-refractivity contribution in [2.75, 3.05) is 0 Å². The minimum atomic E-state index is -0.708. The number of alkyl carbamates (subject to hydrolysis) is 1. The van der Waals surface area contributed by atoms with E-state index in [2.05, 4.69) is 10.4 Å². The topological polar surface area (TPSA) is 76.4 Å². The van der Waals surface area contributed by atoms with E-state index in [9.17, 15) is 9.90 Å². The van der Waals surface area contributed by atoms with Gasteiger partial charge >= 0.3 is 6.09 Å². The molecule has 2 rings (SSSR count). The van der Waals surface area contributed by atoms with Crippen molar-refractivity contribution in [3.05, 3.63) is 18.0 Å². The van der Waals surface area contributed by atoms with Crippen molar-refractivity contribution in [2.24, 2.45) is 7.05 Å². The summed E-state index contributed by atoms with van der Waals surface area (Å²) >= 11 is 0. The molecule has 1 fully saturated rings. The molecule has 1 heterocycles. The van der Waals surface area contributed by atoms with Crippen molar-refractivity contribution >= 4 is 6.09 Å². The highest BCUT2D eigenvalue weighted by Gasteiger charge is 2.35. The van der Waals surface area contributed by atoms with Gasteiger partial charge in [0.2, 0.25) is 0 Å². The summed E-state index contributed by atoms with van der Waals surface area (Å²) in [6.45, 7) is 5.54. The van der Waals surface area contributed by atoms with Crippen LogP contribution in [0.2, 0.25) is 0 Å². The zero-order chi connectivity index (χ0) is 16.4. The molecule has 0 aromatic carbocycles. The van der Waals surface area contributed by atoms with Crippen molar-refractivity contribution in [3.8, 4) is 0 Å². The van der Waals surface area contributed by atoms with Crippen LogP contribution < -0.4 is 5.32 Å². The molecule has 6 heteroatoms. The second kappa shape index (κ2) is 6.28. The van der Waals surface area contributed by atoms with E-state index < -0.39 is 11.2 Å². The summed E-state index contributed by atoms with van der Waals surface area (Å²) < 4.78 is 7.06. The Labute approximate surface area is 131 Å². The van der Waals surface area contributed by atoms with Crippen LogP contribution in [-0.4, -0.2) is 38.2 Å². The van der Waals surface area contributed by atoms with E-state index in [1.165, 1.54) is 0 Å². The van der Waals surface area contributed by atoms with Gasteiger partial charge in [0.15, 0.2) is 0 Å². The molecule has 0 radical (unpaired) electrons. The first-order chi connectivity index (χ1) is 10.2. The number of hydrogen-bond donors (Lipinski definition) is 2. The number of nitrogens with one attached hydrogen (secondary N) is 1.